The van der Waals surface area contributed by atoms with Crippen LogP contribution in [0.4, 0.5) is 0 Å². The molecule has 2 heteroatoms. The largest absolute Gasteiger partial charge is 0.378 e. The molecule has 0 amide bonds. The van der Waals surface area contributed by atoms with Crippen molar-refractivity contribution < 1.29 is 4.74 Å². The van der Waals surface area contributed by atoms with Gasteiger partial charge in [0.15, 0.2) is 0 Å². The fourth-order valence-electron chi connectivity index (χ4n) is 2.94. The Balaban J connectivity index is 1.95. The molecule has 2 N–H and O–H groups in total. The Morgan fingerprint density at radius 1 is 1.16 bits per heavy atom. The molecule has 0 bridgehead atoms. The minimum absolute atomic E-state index is 0.143. The van der Waals surface area contributed by atoms with E-state index in [0.717, 1.165) is 19.4 Å². The first kappa shape index (κ1) is 14.5. The molecule has 2 rings (SSSR count). The maximum atomic E-state index is 6.38. The maximum Gasteiger partial charge on any atom is 0.0575 e. The molecule has 1 heterocycles. The van der Waals surface area contributed by atoms with Gasteiger partial charge in [-0.2, -0.15) is 0 Å². The molecule has 2 unspecified atom stereocenters. The van der Waals surface area contributed by atoms with Gasteiger partial charge in [0, 0.05) is 12.6 Å². The summed E-state index contributed by atoms with van der Waals surface area (Å²) in [7, 11) is 0. The molecule has 1 aliphatic rings. The predicted molar refractivity (Wildman–Crippen MR) is 80.4 cm³/mol. The fraction of sp³-hybridized carbons (Fsp3) is 0.647. The second kappa shape index (κ2) is 6.53. The van der Waals surface area contributed by atoms with E-state index in [2.05, 4.69) is 32.9 Å². The Morgan fingerprint density at radius 3 is 2.58 bits per heavy atom. The highest BCUT2D eigenvalue weighted by atomic mass is 16.5. The standard InChI is InChI=1S/C17H27NO/c1-12-10-14(3)16(11-13(12)2)17(18)8-7-15-6-4-5-9-19-15/h10-11,15,17H,4-9,18H2,1-3H3. The van der Waals surface area contributed by atoms with Gasteiger partial charge in [0.25, 0.3) is 0 Å². The Bertz CT molecular complexity index is 422. The summed E-state index contributed by atoms with van der Waals surface area (Å²) in [6.07, 6.45) is 6.29. The van der Waals surface area contributed by atoms with Gasteiger partial charge < -0.3 is 10.5 Å². The third-order valence-corrected chi connectivity index (χ3v) is 4.36. The van der Waals surface area contributed by atoms with Crippen molar-refractivity contribution in [2.24, 2.45) is 5.73 Å². The molecule has 1 fully saturated rings. The summed E-state index contributed by atoms with van der Waals surface area (Å²) in [5.41, 5.74) is 11.7. The van der Waals surface area contributed by atoms with E-state index in [1.165, 1.54) is 41.5 Å². The van der Waals surface area contributed by atoms with Gasteiger partial charge in [0.05, 0.1) is 6.10 Å². The van der Waals surface area contributed by atoms with Crippen LogP contribution in [0, 0.1) is 20.8 Å². The molecule has 0 aromatic heterocycles. The summed E-state index contributed by atoms with van der Waals surface area (Å²) >= 11 is 0. The van der Waals surface area contributed by atoms with Gasteiger partial charge >= 0.3 is 0 Å². The lowest BCUT2D eigenvalue weighted by Crippen LogP contribution is -2.21. The number of rotatable bonds is 4. The minimum Gasteiger partial charge on any atom is -0.378 e. The summed E-state index contributed by atoms with van der Waals surface area (Å²) in [4.78, 5) is 0. The molecule has 1 aromatic carbocycles. The molecule has 0 saturated carbocycles. The Morgan fingerprint density at radius 2 is 1.89 bits per heavy atom. The van der Waals surface area contributed by atoms with Crippen LogP contribution in [0.15, 0.2) is 12.1 Å². The van der Waals surface area contributed by atoms with Crippen molar-refractivity contribution in [3.63, 3.8) is 0 Å². The minimum atomic E-state index is 0.143. The van der Waals surface area contributed by atoms with Crippen molar-refractivity contribution in [1.29, 1.82) is 0 Å². The zero-order valence-corrected chi connectivity index (χ0v) is 12.5. The first-order valence-electron chi connectivity index (χ1n) is 7.53. The average Bonchev–Trinajstić information content (AvgIpc) is 2.41. The van der Waals surface area contributed by atoms with Crippen molar-refractivity contribution >= 4 is 0 Å². The number of nitrogens with two attached hydrogens (primary N) is 1. The molecular weight excluding hydrogens is 234 g/mol. The molecule has 19 heavy (non-hydrogen) atoms. The summed E-state index contributed by atoms with van der Waals surface area (Å²) in [5, 5.41) is 0. The highest BCUT2D eigenvalue weighted by Crippen LogP contribution is 2.26. The van der Waals surface area contributed by atoms with Crippen molar-refractivity contribution in [3.8, 4) is 0 Å². The molecule has 1 aromatic rings. The second-order valence-electron chi connectivity index (χ2n) is 5.97. The number of hydrogen-bond acceptors (Lipinski definition) is 2. The predicted octanol–water partition coefficient (Wildman–Crippen LogP) is 3.96. The van der Waals surface area contributed by atoms with Crippen molar-refractivity contribution in [2.75, 3.05) is 6.61 Å². The molecule has 0 spiro atoms. The monoisotopic (exact) mass is 261 g/mol. The zero-order valence-electron chi connectivity index (χ0n) is 12.5. The third-order valence-electron chi connectivity index (χ3n) is 4.36. The smallest absolute Gasteiger partial charge is 0.0575 e. The van der Waals surface area contributed by atoms with Gasteiger partial charge in [-0.15, -0.1) is 0 Å². The molecule has 1 aliphatic heterocycles. The number of ether oxygens (including phenoxy) is 1. The van der Waals surface area contributed by atoms with Crippen LogP contribution in [0.1, 0.15) is 60.4 Å². The van der Waals surface area contributed by atoms with E-state index < -0.39 is 0 Å². The van der Waals surface area contributed by atoms with Crippen LogP contribution in [-0.4, -0.2) is 12.7 Å². The molecule has 2 atom stereocenters. The van der Waals surface area contributed by atoms with E-state index in [4.69, 9.17) is 10.5 Å². The van der Waals surface area contributed by atoms with Crippen LogP contribution in [0.25, 0.3) is 0 Å². The molecular formula is C17H27NO. The van der Waals surface area contributed by atoms with Crippen molar-refractivity contribution in [3.05, 3.63) is 34.4 Å². The lowest BCUT2D eigenvalue weighted by Gasteiger charge is -2.24. The van der Waals surface area contributed by atoms with Crippen molar-refractivity contribution in [1.82, 2.24) is 0 Å². The molecule has 0 aliphatic carbocycles. The molecule has 2 nitrogen and oxygen atoms in total. The number of aryl methyl sites for hydroxylation is 3. The highest BCUT2D eigenvalue weighted by molar-refractivity contribution is 5.38. The van der Waals surface area contributed by atoms with E-state index >= 15 is 0 Å². The van der Waals surface area contributed by atoms with E-state index in [0.29, 0.717) is 6.10 Å². The van der Waals surface area contributed by atoms with Gasteiger partial charge in [-0.3, -0.25) is 0 Å². The summed E-state index contributed by atoms with van der Waals surface area (Å²) in [5.74, 6) is 0. The van der Waals surface area contributed by atoms with Crippen LogP contribution in [0.3, 0.4) is 0 Å². The fourth-order valence-corrected chi connectivity index (χ4v) is 2.94. The Hall–Kier alpha value is -0.860. The van der Waals surface area contributed by atoms with Crippen LogP contribution >= 0.6 is 0 Å². The van der Waals surface area contributed by atoms with Gasteiger partial charge in [0.2, 0.25) is 0 Å². The Kier molecular flexibility index (Phi) is 5.00. The highest BCUT2D eigenvalue weighted by Gasteiger charge is 2.17. The van der Waals surface area contributed by atoms with Gasteiger partial charge in [-0.05, 0) is 75.1 Å². The van der Waals surface area contributed by atoms with Crippen LogP contribution in [0.5, 0.6) is 0 Å². The quantitative estimate of drug-likeness (QED) is 0.890. The zero-order chi connectivity index (χ0) is 13.8. The van der Waals surface area contributed by atoms with E-state index in [1.54, 1.807) is 0 Å². The van der Waals surface area contributed by atoms with E-state index in [-0.39, 0.29) is 6.04 Å². The summed E-state index contributed by atoms with van der Waals surface area (Å²) in [6.45, 7) is 7.42. The maximum absolute atomic E-state index is 6.38. The normalized spacial score (nSPS) is 21.4. The molecule has 0 radical (unpaired) electrons. The number of benzene rings is 1. The lowest BCUT2D eigenvalue weighted by atomic mass is 9.92. The lowest BCUT2D eigenvalue weighted by molar-refractivity contribution is 0.00911. The summed E-state index contributed by atoms with van der Waals surface area (Å²) in [6, 6.07) is 4.66. The second-order valence-corrected chi connectivity index (χ2v) is 5.97. The average molecular weight is 261 g/mol. The van der Waals surface area contributed by atoms with Crippen molar-refractivity contribution in [2.45, 2.75) is 65.0 Å². The van der Waals surface area contributed by atoms with Crippen LogP contribution in [0.2, 0.25) is 0 Å². The molecule has 106 valence electrons. The van der Waals surface area contributed by atoms with E-state index in [1.807, 2.05) is 0 Å². The van der Waals surface area contributed by atoms with Gasteiger partial charge in [-0.1, -0.05) is 12.1 Å². The van der Waals surface area contributed by atoms with E-state index in [9.17, 15) is 0 Å². The summed E-state index contributed by atoms with van der Waals surface area (Å²) < 4.78 is 5.78. The SMILES string of the molecule is Cc1cc(C)c(C(N)CCC2CCCCO2)cc1C. The first-order chi connectivity index (χ1) is 9.08. The van der Waals surface area contributed by atoms with Crippen LogP contribution in [-0.2, 0) is 4.74 Å². The van der Waals surface area contributed by atoms with Gasteiger partial charge in [-0.25, -0.2) is 0 Å². The molecule has 1 saturated heterocycles. The number of hydrogen-bond donors (Lipinski definition) is 1. The third kappa shape index (κ3) is 3.80. The first-order valence-corrected chi connectivity index (χ1v) is 7.53. The Labute approximate surface area is 117 Å². The van der Waals surface area contributed by atoms with Gasteiger partial charge in [0.1, 0.15) is 0 Å². The topological polar surface area (TPSA) is 35.2 Å². The van der Waals surface area contributed by atoms with Crippen LogP contribution < -0.4 is 5.73 Å².